The molecule has 0 bridgehead atoms. The van der Waals surface area contributed by atoms with Crippen LogP contribution in [-0.4, -0.2) is 22.3 Å². The van der Waals surface area contributed by atoms with E-state index in [0.717, 1.165) is 6.07 Å². The molecule has 14 heavy (non-hydrogen) atoms. The van der Waals surface area contributed by atoms with Crippen molar-refractivity contribution in [3.05, 3.63) is 23.3 Å². The van der Waals surface area contributed by atoms with E-state index in [0.29, 0.717) is 10.1 Å². The van der Waals surface area contributed by atoms with Crippen molar-refractivity contribution in [3.8, 4) is 5.75 Å². The second-order valence-electron chi connectivity index (χ2n) is 2.86. The number of phenolic OH excluding ortho intramolecular Hbond substituents is 1. The first-order valence-electron chi connectivity index (χ1n) is 3.85. The van der Waals surface area contributed by atoms with E-state index in [9.17, 15) is 4.39 Å². The smallest absolute Gasteiger partial charge is 0.489 e. The highest BCUT2D eigenvalue weighted by atomic mass is 32.1. The summed E-state index contributed by atoms with van der Waals surface area (Å²) < 4.78 is 13.6. The van der Waals surface area contributed by atoms with Gasteiger partial charge in [0.05, 0.1) is 0 Å². The fraction of sp³-hybridized carbons (Fsp3) is 0. The van der Waals surface area contributed by atoms with Crippen molar-refractivity contribution in [1.82, 2.24) is 0 Å². The number of phenols is 1. The SMILES string of the molecule is OB(O)c1csc2cc(O)c(F)cc12. The second kappa shape index (κ2) is 3.23. The molecule has 3 N–H and O–H groups in total. The summed E-state index contributed by atoms with van der Waals surface area (Å²) in [5, 5.41) is 28.9. The first-order chi connectivity index (χ1) is 6.59. The normalized spacial score (nSPS) is 10.8. The van der Waals surface area contributed by atoms with Gasteiger partial charge in [-0.05, 0) is 16.8 Å². The van der Waals surface area contributed by atoms with Crippen molar-refractivity contribution in [3.63, 3.8) is 0 Å². The van der Waals surface area contributed by atoms with E-state index in [1.165, 1.54) is 22.8 Å². The summed E-state index contributed by atoms with van der Waals surface area (Å²) in [6, 6.07) is 2.36. The third kappa shape index (κ3) is 1.37. The van der Waals surface area contributed by atoms with Crippen LogP contribution >= 0.6 is 11.3 Å². The minimum Gasteiger partial charge on any atom is -0.505 e. The molecular formula is C8H6BFO3S. The molecular weight excluding hydrogens is 206 g/mol. The quantitative estimate of drug-likeness (QED) is 0.600. The fourth-order valence-electron chi connectivity index (χ4n) is 1.26. The highest BCUT2D eigenvalue weighted by Gasteiger charge is 2.17. The fourth-order valence-corrected chi connectivity index (χ4v) is 2.24. The minimum absolute atomic E-state index is 0.254. The van der Waals surface area contributed by atoms with Gasteiger partial charge in [0.2, 0.25) is 0 Å². The van der Waals surface area contributed by atoms with Crippen LogP contribution < -0.4 is 5.46 Å². The summed E-state index contributed by atoms with van der Waals surface area (Å²) in [7, 11) is -1.62. The molecule has 0 radical (unpaired) electrons. The predicted octanol–water partition coefficient (Wildman–Crippen LogP) is 0.426. The Morgan fingerprint density at radius 3 is 2.64 bits per heavy atom. The Bertz CT molecular complexity index is 483. The zero-order valence-electron chi connectivity index (χ0n) is 6.94. The van der Waals surface area contributed by atoms with Crippen LogP contribution in [0.25, 0.3) is 10.1 Å². The number of rotatable bonds is 1. The summed E-state index contributed by atoms with van der Waals surface area (Å²) in [6.07, 6.45) is 0. The summed E-state index contributed by atoms with van der Waals surface area (Å²) in [5.41, 5.74) is 0.254. The van der Waals surface area contributed by atoms with Gasteiger partial charge in [-0.1, -0.05) is 0 Å². The maximum absolute atomic E-state index is 13.0. The monoisotopic (exact) mass is 212 g/mol. The maximum Gasteiger partial charge on any atom is 0.489 e. The molecule has 2 aromatic rings. The lowest BCUT2D eigenvalue weighted by Gasteiger charge is -1.98. The average Bonchev–Trinajstić information content (AvgIpc) is 2.48. The van der Waals surface area contributed by atoms with Crippen LogP contribution in [-0.2, 0) is 0 Å². The molecule has 0 aliphatic heterocycles. The first kappa shape index (κ1) is 9.45. The molecule has 0 atom stereocenters. The van der Waals surface area contributed by atoms with Crippen LogP contribution in [0.4, 0.5) is 4.39 Å². The Morgan fingerprint density at radius 1 is 1.29 bits per heavy atom. The molecule has 3 nitrogen and oxygen atoms in total. The Balaban J connectivity index is 2.74. The van der Waals surface area contributed by atoms with Gasteiger partial charge < -0.3 is 15.2 Å². The second-order valence-corrected chi connectivity index (χ2v) is 3.78. The lowest BCUT2D eigenvalue weighted by atomic mass is 9.80. The van der Waals surface area contributed by atoms with E-state index in [1.54, 1.807) is 0 Å². The number of hydrogen-bond donors (Lipinski definition) is 3. The number of thiophene rings is 1. The van der Waals surface area contributed by atoms with Gasteiger partial charge in [-0.25, -0.2) is 4.39 Å². The summed E-state index contributed by atoms with van der Waals surface area (Å²) >= 11 is 1.22. The van der Waals surface area contributed by atoms with Crippen LogP contribution in [0.2, 0.25) is 0 Å². The van der Waals surface area contributed by atoms with Crippen molar-refractivity contribution in [2.24, 2.45) is 0 Å². The molecule has 0 spiro atoms. The number of halogens is 1. The molecule has 0 unspecified atom stereocenters. The molecule has 1 heterocycles. The Labute approximate surface area is 83.2 Å². The van der Waals surface area contributed by atoms with E-state index < -0.39 is 18.7 Å². The Kier molecular flexibility index (Phi) is 2.18. The van der Waals surface area contributed by atoms with Crippen LogP contribution in [0, 0.1) is 5.82 Å². The maximum atomic E-state index is 13.0. The van der Waals surface area contributed by atoms with E-state index in [-0.39, 0.29) is 5.46 Å². The molecule has 1 aromatic carbocycles. The molecule has 0 aliphatic rings. The van der Waals surface area contributed by atoms with Crippen LogP contribution in [0.15, 0.2) is 17.5 Å². The van der Waals surface area contributed by atoms with Crippen LogP contribution in [0.3, 0.4) is 0 Å². The number of aromatic hydroxyl groups is 1. The highest BCUT2D eigenvalue weighted by molar-refractivity contribution is 7.18. The lowest BCUT2D eigenvalue weighted by molar-refractivity contribution is 0.426. The average molecular weight is 212 g/mol. The summed E-state index contributed by atoms with van der Waals surface area (Å²) in [6.45, 7) is 0. The lowest BCUT2D eigenvalue weighted by Crippen LogP contribution is -2.28. The van der Waals surface area contributed by atoms with Crippen molar-refractivity contribution >= 4 is 34.0 Å². The molecule has 1 aromatic heterocycles. The standard InChI is InChI=1S/C8H6BFO3S/c10-6-1-4-5(9(12)13)3-14-8(4)2-7(6)11/h1-3,11-13H. The predicted molar refractivity (Wildman–Crippen MR) is 53.3 cm³/mol. The number of fused-ring (bicyclic) bond motifs is 1. The zero-order chi connectivity index (χ0) is 10.3. The zero-order valence-corrected chi connectivity index (χ0v) is 7.75. The molecule has 0 amide bonds. The molecule has 2 rings (SSSR count). The van der Waals surface area contributed by atoms with Gasteiger partial charge in [0.1, 0.15) is 0 Å². The van der Waals surface area contributed by atoms with Crippen molar-refractivity contribution < 1.29 is 19.5 Å². The topological polar surface area (TPSA) is 60.7 Å². The van der Waals surface area contributed by atoms with Gasteiger partial charge in [-0.3, -0.25) is 0 Å². The van der Waals surface area contributed by atoms with Crippen LogP contribution in [0.1, 0.15) is 0 Å². The highest BCUT2D eigenvalue weighted by Crippen LogP contribution is 2.26. The first-order valence-corrected chi connectivity index (χ1v) is 4.73. The Hall–Kier alpha value is -1.11. The van der Waals surface area contributed by atoms with Gasteiger partial charge >= 0.3 is 7.12 Å². The van der Waals surface area contributed by atoms with Gasteiger partial charge in [-0.2, -0.15) is 0 Å². The van der Waals surface area contributed by atoms with Crippen LogP contribution in [0.5, 0.6) is 5.75 Å². The molecule has 0 aliphatic carbocycles. The van der Waals surface area contributed by atoms with Gasteiger partial charge in [0, 0.05) is 16.2 Å². The number of hydrogen-bond acceptors (Lipinski definition) is 4. The molecule has 0 saturated heterocycles. The van der Waals surface area contributed by atoms with Gasteiger partial charge in [0.15, 0.2) is 11.6 Å². The van der Waals surface area contributed by atoms with E-state index in [4.69, 9.17) is 15.2 Å². The number of benzene rings is 1. The molecule has 0 fully saturated rings. The van der Waals surface area contributed by atoms with Crippen molar-refractivity contribution in [2.45, 2.75) is 0 Å². The molecule has 6 heteroatoms. The molecule has 72 valence electrons. The largest absolute Gasteiger partial charge is 0.505 e. The van der Waals surface area contributed by atoms with E-state index in [2.05, 4.69) is 0 Å². The van der Waals surface area contributed by atoms with E-state index in [1.807, 2.05) is 0 Å². The molecule has 0 saturated carbocycles. The summed E-state index contributed by atoms with van der Waals surface area (Å²) in [4.78, 5) is 0. The van der Waals surface area contributed by atoms with Gasteiger partial charge in [-0.15, -0.1) is 11.3 Å². The van der Waals surface area contributed by atoms with Crippen molar-refractivity contribution in [1.29, 1.82) is 0 Å². The minimum atomic E-state index is -1.62. The third-order valence-corrected chi connectivity index (χ3v) is 2.91. The van der Waals surface area contributed by atoms with Gasteiger partial charge in [0.25, 0.3) is 0 Å². The van der Waals surface area contributed by atoms with Crippen molar-refractivity contribution in [2.75, 3.05) is 0 Å². The summed E-state index contributed by atoms with van der Waals surface area (Å²) in [5.74, 6) is -1.20. The van der Waals surface area contributed by atoms with E-state index >= 15 is 0 Å². The Morgan fingerprint density at radius 2 is 2.00 bits per heavy atom. The third-order valence-electron chi connectivity index (χ3n) is 1.95.